The van der Waals surface area contributed by atoms with Crippen LogP contribution >= 0.6 is 0 Å². The van der Waals surface area contributed by atoms with Crippen LogP contribution < -0.4 is 4.74 Å². The number of nitrogens with zero attached hydrogens (tertiary/aromatic N) is 3. The van der Waals surface area contributed by atoms with Crippen molar-refractivity contribution in [2.45, 2.75) is 37.5 Å². The summed E-state index contributed by atoms with van der Waals surface area (Å²) in [6.07, 6.45) is 1.56. The largest absolute Gasteiger partial charge is 0.494 e. The Balaban J connectivity index is 1.50. The van der Waals surface area contributed by atoms with Crippen LogP contribution in [0.5, 0.6) is 5.75 Å². The van der Waals surface area contributed by atoms with E-state index in [1.165, 1.54) is 4.31 Å². The van der Waals surface area contributed by atoms with Gasteiger partial charge in [0.05, 0.1) is 17.4 Å². The molecule has 0 N–H and O–H groups in total. The van der Waals surface area contributed by atoms with E-state index in [4.69, 9.17) is 9.26 Å². The van der Waals surface area contributed by atoms with E-state index in [1.807, 2.05) is 50.2 Å². The SMILES string of the molecule is CCOc1ccc(-c2noc([C@H]3CCCN(S(=O)(=O)c4ccc(C)cc4)C3)n2)cc1. The molecule has 3 aromatic rings. The van der Waals surface area contributed by atoms with Crippen LogP contribution in [0.25, 0.3) is 11.4 Å². The highest BCUT2D eigenvalue weighted by Gasteiger charge is 2.33. The Morgan fingerprint density at radius 1 is 1.13 bits per heavy atom. The number of rotatable bonds is 6. The van der Waals surface area contributed by atoms with Crippen LogP contribution in [0.3, 0.4) is 0 Å². The maximum absolute atomic E-state index is 13.0. The summed E-state index contributed by atoms with van der Waals surface area (Å²) in [6.45, 7) is 5.31. The topological polar surface area (TPSA) is 85.5 Å². The van der Waals surface area contributed by atoms with Gasteiger partial charge in [-0.2, -0.15) is 9.29 Å². The van der Waals surface area contributed by atoms with E-state index in [0.29, 0.717) is 36.3 Å². The highest BCUT2D eigenvalue weighted by atomic mass is 32.2. The van der Waals surface area contributed by atoms with Crippen molar-refractivity contribution in [2.24, 2.45) is 0 Å². The first-order valence-corrected chi connectivity index (χ1v) is 11.5. The fourth-order valence-corrected chi connectivity index (χ4v) is 5.13. The highest BCUT2D eigenvalue weighted by Crippen LogP contribution is 2.31. The maximum atomic E-state index is 13.0. The molecule has 2 aromatic carbocycles. The first-order valence-electron chi connectivity index (χ1n) is 10.1. The van der Waals surface area contributed by atoms with Gasteiger partial charge in [-0.05, 0) is 63.1 Å². The molecule has 1 aliphatic rings. The number of sulfonamides is 1. The molecule has 4 rings (SSSR count). The average molecular weight is 428 g/mol. The standard InChI is InChI=1S/C22H25N3O4S/c1-3-28-19-10-8-17(9-11-19)21-23-22(29-24-21)18-5-4-14-25(15-18)30(26,27)20-12-6-16(2)7-13-20/h6-13,18H,3-5,14-15H2,1-2H3/t18-/m0/s1. The first kappa shape index (κ1) is 20.6. The molecule has 0 aliphatic carbocycles. The molecule has 1 aliphatic heterocycles. The van der Waals surface area contributed by atoms with Gasteiger partial charge in [-0.15, -0.1) is 0 Å². The van der Waals surface area contributed by atoms with Crippen molar-refractivity contribution in [2.75, 3.05) is 19.7 Å². The zero-order chi connectivity index (χ0) is 21.1. The predicted octanol–water partition coefficient (Wildman–Crippen LogP) is 4.01. The normalized spacial score (nSPS) is 17.7. The van der Waals surface area contributed by atoms with Crippen molar-refractivity contribution in [1.82, 2.24) is 14.4 Å². The van der Waals surface area contributed by atoms with Crippen molar-refractivity contribution >= 4 is 10.0 Å². The van der Waals surface area contributed by atoms with Gasteiger partial charge in [0.1, 0.15) is 5.75 Å². The lowest BCUT2D eigenvalue weighted by Gasteiger charge is -2.30. The number of aryl methyl sites for hydroxylation is 1. The lowest BCUT2D eigenvalue weighted by atomic mass is 10.00. The molecule has 1 atom stereocenters. The summed E-state index contributed by atoms with van der Waals surface area (Å²) in [6, 6.07) is 14.4. The van der Waals surface area contributed by atoms with Crippen molar-refractivity contribution in [3.05, 3.63) is 60.0 Å². The van der Waals surface area contributed by atoms with Crippen molar-refractivity contribution < 1.29 is 17.7 Å². The Bertz CT molecular complexity index is 1090. The summed E-state index contributed by atoms with van der Waals surface area (Å²) in [5.74, 6) is 1.63. The van der Waals surface area contributed by atoms with Gasteiger partial charge in [0.25, 0.3) is 0 Å². The molecule has 1 saturated heterocycles. The summed E-state index contributed by atoms with van der Waals surface area (Å²) >= 11 is 0. The van der Waals surface area contributed by atoms with Crippen LogP contribution in [-0.2, 0) is 10.0 Å². The molecule has 30 heavy (non-hydrogen) atoms. The van der Waals surface area contributed by atoms with Gasteiger partial charge >= 0.3 is 0 Å². The Labute approximate surface area is 176 Å². The zero-order valence-electron chi connectivity index (χ0n) is 17.1. The fourth-order valence-electron chi connectivity index (χ4n) is 3.61. The fraction of sp³-hybridized carbons (Fsp3) is 0.364. The van der Waals surface area contributed by atoms with E-state index in [2.05, 4.69) is 10.1 Å². The number of hydrogen-bond donors (Lipinski definition) is 0. The van der Waals surface area contributed by atoms with Crippen LogP contribution in [0.15, 0.2) is 57.9 Å². The van der Waals surface area contributed by atoms with E-state index >= 15 is 0 Å². The van der Waals surface area contributed by atoms with E-state index in [-0.39, 0.29) is 5.92 Å². The van der Waals surface area contributed by atoms with E-state index in [0.717, 1.165) is 29.7 Å². The molecule has 1 aromatic heterocycles. The molecule has 1 fully saturated rings. The molecule has 0 radical (unpaired) electrons. The van der Waals surface area contributed by atoms with Gasteiger partial charge < -0.3 is 9.26 Å². The minimum absolute atomic E-state index is 0.122. The van der Waals surface area contributed by atoms with Gasteiger partial charge in [-0.1, -0.05) is 22.9 Å². The van der Waals surface area contributed by atoms with Crippen LogP contribution in [0.2, 0.25) is 0 Å². The minimum Gasteiger partial charge on any atom is -0.494 e. The molecule has 158 valence electrons. The smallest absolute Gasteiger partial charge is 0.243 e. The van der Waals surface area contributed by atoms with E-state index < -0.39 is 10.0 Å². The van der Waals surface area contributed by atoms with Crippen LogP contribution in [0.4, 0.5) is 0 Å². The Morgan fingerprint density at radius 2 is 1.87 bits per heavy atom. The molecular formula is C22H25N3O4S. The summed E-state index contributed by atoms with van der Waals surface area (Å²) in [7, 11) is -3.55. The van der Waals surface area contributed by atoms with E-state index in [9.17, 15) is 8.42 Å². The summed E-state index contributed by atoms with van der Waals surface area (Å²) < 4.78 is 38.6. The molecule has 0 bridgehead atoms. The summed E-state index contributed by atoms with van der Waals surface area (Å²) in [5.41, 5.74) is 1.85. The second-order valence-corrected chi connectivity index (χ2v) is 9.37. The number of benzene rings is 2. The predicted molar refractivity (Wildman–Crippen MR) is 113 cm³/mol. The molecule has 8 heteroatoms. The second kappa shape index (κ2) is 8.57. The van der Waals surface area contributed by atoms with Crippen LogP contribution in [0.1, 0.15) is 37.1 Å². The summed E-state index contributed by atoms with van der Waals surface area (Å²) in [5, 5.41) is 4.10. The zero-order valence-corrected chi connectivity index (χ0v) is 17.9. The monoisotopic (exact) mass is 427 g/mol. The van der Waals surface area contributed by atoms with Crippen LogP contribution in [0, 0.1) is 6.92 Å². The quantitative estimate of drug-likeness (QED) is 0.591. The Kier molecular flexibility index (Phi) is 5.87. The van der Waals surface area contributed by atoms with Gasteiger partial charge in [0.15, 0.2) is 0 Å². The van der Waals surface area contributed by atoms with Crippen molar-refractivity contribution in [3.63, 3.8) is 0 Å². The van der Waals surface area contributed by atoms with Crippen molar-refractivity contribution in [1.29, 1.82) is 0 Å². The lowest BCUT2D eigenvalue weighted by molar-refractivity contribution is 0.265. The summed E-state index contributed by atoms with van der Waals surface area (Å²) in [4.78, 5) is 4.85. The molecule has 2 heterocycles. The maximum Gasteiger partial charge on any atom is 0.243 e. The molecule has 0 amide bonds. The molecule has 0 unspecified atom stereocenters. The third kappa shape index (κ3) is 4.24. The lowest BCUT2D eigenvalue weighted by Crippen LogP contribution is -2.39. The third-order valence-electron chi connectivity index (χ3n) is 5.26. The molecule has 0 spiro atoms. The minimum atomic E-state index is -3.55. The van der Waals surface area contributed by atoms with Gasteiger partial charge in [-0.3, -0.25) is 0 Å². The molecule has 7 nitrogen and oxygen atoms in total. The van der Waals surface area contributed by atoms with Gasteiger partial charge in [0.2, 0.25) is 21.7 Å². The Morgan fingerprint density at radius 3 is 2.57 bits per heavy atom. The third-order valence-corrected chi connectivity index (χ3v) is 7.14. The first-order chi connectivity index (χ1) is 14.5. The van der Waals surface area contributed by atoms with Gasteiger partial charge in [-0.25, -0.2) is 8.42 Å². The number of hydrogen-bond acceptors (Lipinski definition) is 6. The number of aromatic nitrogens is 2. The van der Waals surface area contributed by atoms with Gasteiger partial charge in [0, 0.05) is 18.7 Å². The second-order valence-electron chi connectivity index (χ2n) is 7.43. The van der Waals surface area contributed by atoms with Crippen molar-refractivity contribution in [3.8, 4) is 17.1 Å². The highest BCUT2D eigenvalue weighted by molar-refractivity contribution is 7.89. The molecular weight excluding hydrogens is 402 g/mol. The average Bonchev–Trinajstić information content (AvgIpc) is 3.25. The Hall–Kier alpha value is -2.71. The number of piperidine rings is 1. The molecule has 0 saturated carbocycles. The number of ether oxygens (including phenoxy) is 1. The van der Waals surface area contributed by atoms with E-state index in [1.54, 1.807) is 12.1 Å². The van der Waals surface area contributed by atoms with Crippen LogP contribution in [-0.4, -0.2) is 42.6 Å².